The maximum Gasteiger partial charge on any atom is 0.122 e. The standard InChI is InChI=1S/C17H25N3OS/c1-3-7-20-9-6-18-16(20)12-19-8-4-14(15(21)11-19)17-13(2)5-10-22-17/h5-6,9-10,14-15,21H,3-4,7-8,11-12H2,1-2H3/t14-,15-/m1/s1. The van der Waals surface area contributed by atoms with E-state index in [1.807, 2.05) is 6.20 Å². The van der Waals surface area contributed by atoms with Gasteiger partial charge < -0.3 is 9.67 Å². The summed E-state index contributed by atoms with van der Waals surface area (Å²) >= 11 is 1.78. The lowest BCUT2D eigenvalue weighted by Gasteiger charge is -2.35. The molecule has 0 saturated carbocycles. The molecule has 3 heterocycles. The van der Waals surface area contributed by atoms with E-state index in [0.717, 1.165) is 44.8 Å². The predicted octanol–water partition coefficient (Wildman–Crippen LogP) is 3.01. The number of piperidine rings is 1. The molecule has 120 valence electrons. The number of nitrogens with zero attached hydrogens (tertiary/aromatic N) is 3. The minimum absolute atomic E-state index is 0.277. The first-order chi connectivity index (χ1) is 10.7. The van der Waals surface area contributed by atoms with Crippen molar-refractivity contribution in [2.45, 2.75) is 51.8 Å². The lowest BCUT2D eigenvalue weighted by atomic mass is 9.90. The Morgan fingerprint density at radius 3 is 3.00 bits per heavy atom. The van der Waals surface area contributed by atoms with Crippen molar-refractivity contribution in [3.8, 4) is 0 Å². The minimum Gasteiger partial charge on any atom is -0.391 e. The summed E-state index contributed by atoms with van der Waals surface area (Å²) in [5.41, 5.74) is 1.32. The molecule has 3 rings (SSSR count). The number of hydrogen-bond acceptors (Lipinski definition) is 4. The summed E-state index contributed by atoms with van der Waals surface area (Å²) in [6, 6.07) is 2.15. The normalized spacial score (nSPS) is 23.0. The van der Waals surface area contributed by atoms with Crippen molar-refractivity contribution in [1.29, 1.82) is 0 Å². The predicted molar refractivity (Wildman–Crippen MR) is 90.2 cm³/mol. The Bertz CT molecular complexity index is 607. The molecule has 0 spiro atoms. The lowest BCUT2D eigenvalue weighted by Crippen LogP contribution is -2.42. The number of hydrogen-bond donors (Lipinski definition) is 1. The SMILES string of the molecule is CCCn1ccnc1CN1CC[C@@H](c2sccc2C)[C@H](O)C1. The summed E-state index contributed by atoms with van der Waals surface area (Å²) in [7, 11) is 0. The summed E-state index contributed by atoms with van der Waals surface area (Å²) in [5.74, 6) is 1.41. The van der Waals surface area contributed by atoms with Crippen LogP contribution in [0.25, 0.3) is 0 Å². The van der Waals surface area contributed by atoms with Crippen LogP contribution >= 0.6 is 11.3 Å². The fourth-order valence-electron chi connectivity index (χ4n) is 3.35. The van der Waals surface area contributed by atoms with Crippen LogP contribution in [0.1, 0.15) is 41.9 Å². The van der Waals surface area contributed by atoms with Gasteiger partial charge in [0.25, 0.3) is 0 Å². The van der Waals surface area contributed by atoms with Crippen molar-refractivity contribution < 1.29 is 5.11 Å². The van der Waals surface area contributed by atoms with Gasteiger partial charge >= 0.3 is 0 Å². The first kappa shape index (κ1) is 15.7. The van der Waals surface area contributed by atoms with E-state index in [1.165, 1.54) is 10.4 Å². The van der Waals surface area contributed by atoms with Gasteiger partial charge in [-0.3, -0.25) is 4.90 Å². The highest BCUT2D eigenvalue weighted by molar-refractivity contribution is 7.10. The zero-order valence-electron chi connectivity index (χ0n) is 13.4. The van der Waals surface area contributed by atoms with Crippen LogP contribution < -0.4 is 0 Å². The second-order valence-electron chi connectivity index (χ2n) is 6.20. The summed E-state index contributed by atoms with van der Waals surface area (Å²) in [5, 5.41) is 12.7. The monoisotopic (exact) mass is 319 g/mol. The molecule has 22 heavy (non-hydrogen) atoms. The highest BCUT2D eigenvalue weighted by atomic mass is 32.1. The van der Waals surface area contributed by atoms with Crippen LogP contribution in [0.5, 0.6) is 0 Å². The number of imidazole rings is 1. The van der Waals surface area contributed by atoms with E-state index in [1.54, 1.807) is 11.3 Å². The number of aliphatic hydroxyl groups is 1. The van der Waals surface area contributed by atoms with Crippen LogP contribution in [0, 0.1) is 6.92 Å². The minimum atomic E-state index is -0.277. The first-order valence-electron chi connectivity index (χ1n) is 8.13. The lowest BCUT2D eigenvalue weighted by molar-refractivity contribution is 0.0469. The largest absolute Gasteiger partial charge is 0.391 e. The van der Waals surface area contributed by atoms with Crippen LogP contribution in [0.3, 0.4) is 0 Å². The number of β-amino-alcohol motifs (C(OH)–C–C–N with tert-alkyl or cyclic N) is 1. The van der Waals surface area contributed by atoms with Crippen molar-refractivity contribution >= 4 is 11.3 Å². The molecule has 0 aromatic carbocycles. The van der Waals surface area contributed by atoms with E-state index in [0.29, 0.717) is 5.92 Å². The molecule has 1 saturated heterocycles. The molecule has 5 heteroatoms. The highest BCUT2D eigenvalue weighted by Gasteiger charge is 2.30. The van der Waals surface area contributed by atoms with E-state index in [4.69, 9.17) is 0 Å². The number of rotatable bonds is 5. The summed E-state index contributed by atoms with van der Waals surface area (Å²) in [4.78, 5) is 8.17. The van der Waals surface area contributed by atoms with E-state index in [2.05, 4.69) is 45.9 Å². The van der Waals surface area contributed by atoms with Gasteiger partial charge in [0.2, 0.25) is 0 Å². The summed E-state index contributed by atoms with van der Waals surface area (Å²) < 4.78 is 2.22. The molecule has 0 radical (unpaired) electrons. The second kappa shape index (κ2) is 6.94. The fraction of sp³-hybridized carbons (Fsp3) is 0.588. The van der Waals surface area contributed by atoms with Gasteiger partial charge in [0.05, 0.1) is 12.6 Å². The van der Waals surface area contributed by atoms with Gasteiger partial charge in [0, 0.05) is 36.3 Å². The number of thiophene rings is 1. The topological polar surface area (TPSA) is 41.3 Å². The highest BCUT2D eigenvalue weighted by Crippen LogP contribution is 2.34. The Balaban J connectivity index is 1.63. The third kappa shape index (κ3) is 3.26. The molecule has 0 bridgehead atoms. The van der Waals surface area contributed by atoms with Crippen LogP contribution in [-0.4, -0.2) is 38.8 Å². The molecule has 2 atom stereocenters. The Kier molecular flexibility index (Phi) is 4.96. The van der Waals surface area contributed by atoms with Gasteiger partial charge in [-0.1, -0.05) is 6.92 Å². The van der Waals surface area contributed by atoms with E-state index < -0.39 is 0 Å². The van der Waals surface area contributed by atoms with Crippen molar-refractivity contribution in [3.05, 3.63) is 40.1 Å². The number of aryl methyl sites for hydroxylation is 2. The average molecular weight is 319 g/mol. The number of aromatic nitrogens is 2. The third-order valence-electron chi connectivity index (χ3n) is 4.54. The molecule has 1 aliphatic rings. The van der Waals surface area contributed by atoms with Crippen LogP contribution in [0.4, 0.5) is 0 Å². The smallest absolute Gasteiger partial charge is 0.122 e. The maximum absolute atomic E-state index is 10.6. The van der Waals surface area contributed by atoms with Crippen LogP contribution in [-0.2, 0) is 13.1 Å². The molecular weight excluding hydrogens is 294 g/mol. The fourth-order valence-corrected chi connectivity index (χ4v) is 4.47. The van der Waals surface area contributed by atoms with Crippen LogP contribution in [0.2, 0.25) is 0 Å². The van der Waals surface area contributed by atoms with E-state index >= 15 is 0 Å². The zero-order valence-corrected chi connectivity index (χ0v) is 14.2. The van der Waals surface area contributed by atoms with E-state index in [9.17, 15) is 5.11 Å². The average Bonchev–Trinajstić information content (AvgIpc) is 3.10. The van der Waals surface area contributed by atoms with Gasteiger partial charge in [-0.05, 0) is 43.3 Å². The maximum atomic E-state index is 10.6. The molecule has 1 fully saturated rings. The second-order valence-corrected chi connectivity index (χ2v) is 7.15. The van der Waals surface area contributed by atoms with Crippen molar-refractivity contribution in [2.24, 2.45) is 0 Å². The summed E-state index contributed by atoms with van der Waals surface area (Å²) in [6.07, 6.45) is 5.80. The van der Waals surface area contributed by atoms with Crippen molar-refractivity contribution in [2.75, 3.05) is 13.1 Å². The molecule has 2 aromatic heterocycles. The number of aliphatic hydroxyl groups excluding tert-OH is 1. The van der Waals surface area contributed by atoms with Gasteiger partial charge in [-0.2, -0.15) is 0 Å². The Morgan fingerprint density at radius 1 is 1.45 bits per heavy atom. The third-order valence-corrected chi connectivity index (χ3v) is 5.69. The van der Waals surface area contributed by atoms with Gasteiger partial charge in [-0.15, -0.1) is 11.3 Å². The quantitative estimate of drug-likeness (QED) is 0.921. The number of likely N-dealkylation sites (tertiary alicyclic amines) is 1. The molecule has 1 N–H and O–H groups in total. The van der Waals surface area contributed by atoms with Gasteiger partial charge in [-0.25, -0.2) is 4.98 Å². The van der Waals surface area contributed by atoms with Crippen molar-refractivity contribution in [3.63, 3.8) is 0 Å². The van der Waals surface area contributed by atoms with Gasteiger partial charge in [0.15, 0.2) is 0 Å². The van der Waals surface area contributed by atoms with Gasteiger partial charge in [0.1, 0.15) is 5.82 Å². The zero-order chi connectivity index (χ0) is 15.5. The first-order valence-corrected chi connectivity index (χ1v) is 9.01. The van der Waals surface area contributed by atoms with Crippen molar-refractivity contribution in [1.82, 2.24) is 14.5 Å². The molecule has 4 nitrogen and oxygen atoms in total. The summed E-state index contributed by atoms with van der Waals surface area (Å²) in [6.45, 7) is 7.94. The molecular formula is C17H25N3OS. The van der Waals surface area contributed by atoms with Crippen LogP contribution in [0.15, 0.2) is 23.8 Å². The Hall–Kier alpha value is -1.17. The van der Waals surface area contributed by atoms with E-state index in [-0.39, 0.29) is 6.10 Å². The molecule has 0 aliphatic carbocycles. The molecule has 0 unspecified atom stereocenters. The molecule has 2 aromatic rings. The molecule has 1 aliphatic heterocycles. The Labute approximate surface area is 136 Å². The Morgan fingerprint density at radius 2 is 2.32 bits per heavy atom. The molecule has 0 amide bonds.